The molecule has 1 aliphatic carbocycles. The summed E-state index contributed by atoms with van der Waals surface area (Å²) in [7, 11) is 1.27. The number of halogens is 2. The van der Waals surface area contributed by atoms with Gasteiger partial charge in [0, 0.05) is 0 Å². The van der Waals surface area contributed by atoms with Crippen molar-refractivity contribution >= 4 is 5.97 Å². The second kappa shape index (κ2) is 6.54. The zero-order valence-corrected chi connectivity index (χ0v) is 11.1. The minimum absolute atomic E-state index is 0.207. The van der Waals surface area contributed by atoms with Crippen LogP contribution in [0.3, 0.4) is 0 Å². The summed E-state index contributed by atoms with van der Waals surface area (Å²) < 4.78 is 39.6. The number of carbonyl (C=O) groups excluding carboxylic acids is 1. The first-order valence-corrected chi connectivity index (χ1v) is 6.36. The van der Waals surface area contributed by atoms with Gasteiger partial charge in [0.05, 0.1) is 19.3 Å². The molecule has 0 atom stereocenters. The van der Waals surface area contributed by atoms with Gasteiger partial charge in [-0.2, -0.15) is 0 Å². The van der Waals surface area contributed by atoms with Gasteiger partial charge >= 0.3 is 5.97 Å². The van der Waals surface area contributed by atoms with Crippen molar-refractivity contribution in [2.75, 3.05) is 20.3 Å². The van der Waals surface area contributed by atoms with Crippen molar-refractivity contribution in [3.05, 3.63) is 23.8 Å². The molecule has 6 heteroatoms. The summed E-state index contributed by atoms with van der Waals surface area (Å²) in [6.45, 7) is -0.215. The van der Waals surface area contributed by atoms with Gasteiger partial charge in [-0.25, -0.2) is 13.6 Å². The molecule has 20 heavy (non-hydrogen) atoms. The molecule has 0 unspecified atom stereocenters. The van der Waals surface area contributed by atoms with Gasteiger partial charge in [0.15, 0.2) is 11.5 Å². The Labute approximate surface area is 115 Å². The molecule has 1 saturated carbocycles. The van der Waals surface area contributed by atoms with Crippen molar-refractivity contribution in [3.8, 4) is 11.5 Å². The maximum absolute atomic E-state index is 12.2. The number of ether oxygens (including phenoxy) is 3. The SMILES string of the molecule is COC(=O)c1ccc(OCC(F)F)c(OCC2CC2)c1. The minimum Gasteiger partial charge on any atom is -0.489 e. The standard InChI is InChI=1S/C14H16F2O4/c1-18-14(17)10-4-5-11(20-8-13(15)16)12(6-10)19-7-9-2-3-9/h4-6,9,13H,2-3,7-8H2,1H3. The highest BCUT2D eigenvalue weighted by Gasteiger charge is 2.23. The summed E-state index contributed by atoms with van der Waals surface area (Å²) in [6.07, 6.45) is -0.361. The van der Waals surface area contributed by atoms with Gasteiger partial charge in [-0.1, -0.05) is 0 Å². The lowest BCUT2D eigenvalue weighted by Crippen LogP contribution is -2.10. The van der Waals surface area contributed by atoms with Gasteiger partial charge in [0.2, 0.25) is 0 Å². The monoisotopic (exact) mass is 286 g/mol. The molecule has 0 heterocycles. The van der Waals surface area contributed by atoms with Crippen LogP contribution in [0.2, 0.25) is 0 Å². The summed E-state index contributed by atoms with van der Waals surface area (Å²) >= 11 is 0. The third kappa shape index (κ3) is 4.08. The number of benzene rings is 1. The van der Waals surface area contributed by atoms with E-state index < -0.39 is 19.0 Å². The first kappa shape index (κ1) is 14.6. The Balaban J connectivity index is 2.12. The quantitative estimate of drug-likeness (QED) is 0.723. The zero-order chi connectivity index (χ0) is 14.5. The van der Waals surface area contributed by atoms with E-state index >= 15 is 0 Å². The maximum Gasteiger partial charge on any atom is 0.337 e. The second-order valence-corrected chi connectivity index (χ2v) is 4.61. The number of esters is 1. The summed E-state index contributed by atoms with van der Waals surface area (Å²) in [4.78, 5) is 11.5. The Bertz CT molecular complexity index is 472. The average Bonchev–Trinajstić information content (AvgIpc) is 3.26. The number of hydrogen-bond donors (Lipinski definition) is 0. The number of methoxy groups -OCH3 is 1. The van der Waals surface area contributed by atoms with Gasteiger partial charge in [-0.15, -0.1) is 0 Å². The molecule has 0 spiro atoms. The molecule has 0 radical (unpaired) electrons. The molecule has 0 aromatic heterocycles. The van der Waals surface area contributed by atoms with Gasteiger partial charge in [0.25, 0.3) is 6.43 Å². The highest BCUT2D eigenvalue weighted by atomic mass is 19.3. The van der Waals surface area contributed by atoms with E-state index in [1.807, 2.05) is 0 Å². The molecule has 0 amide bonds. The first-order chi connectivity index (χ1) is 9.60. The summed E-state index contributed by atoms with van der Waals surface area (Å²) in [5, 5.41) is 0. The van der Waals surface area contributed by atoms with Crippen LogP contribution in [-0.2, 0) is 4.74 Å². The molecule has 1 aliphatic rings. The van der Waals surface area contributed by atoms with Crippen LogP contribution in [-0.4, -0.2) is 32.7 Å². The predicted octanol–water partition coefficient (Wildman–Crippen LogP) is 2.91. The van der Waals surface area contributed by atoms with Crippen LogP contribution in [0.5, 0.6) is 11.5 Å². The minimum atomic E-state index is -2.56. The van der Waals surface area contributed by atoms with Crippen LogP contribution in [0.1, 0.15) is 23.2 Å². The summed E-state index contributed by atoms with van der Waals surface area (Å²) in [5.74, 6) is 0.487. The van der Waals surface area contributed by atoms with Crippen LogP contribution < -0.4 is 9.47 Å². The van der Waals surface area contributed by atoms with E-state index in [4.69, 9.17) is 9.47 Å². The summed E-state index contributed by atoms with van der Waals surface area (Å²) in [5.41, 5.74) is 0.294. The van der Waals surface area contributed by atoms with Crippen molar-refractivity contribution in [2.45, 2.75) is 19.3 Å². The smallest absolute Gasteiger partial charge is 0.337 e. The molecular weight excluding hydrogens is 270 g/mol. The molecule has 0 saturated heterocycles. The highest BCUT2D eigenvalue weighted by Crippen LogP contribution is 2.33. The van der Waals surface area contributed by atoms with Crippen LogP contribution in [0, 0.1) is 5.92 Å². The number of alkyl halides is 2. The van der Waals surface area contributed by atoms with E-state index in [0.717, 1.165) is 12.8 Å². The average molecular weight is 286 g/mol. The fourth-order valence-electron chi connectivity index (χ4n) is 1.63. The first-order valence-electron chi connectivity index (χ1n) is 6.36. The normalized spacial score (nSPS) is 14.2. The van der Waals surface area contributed by atoms with Crippen LogP contribution in [0.25, 0.3) is 0 Å². The van der Waals surface area contributed by atoms with Gasteiger partial charge in [-0.3, -0.25) is 0 Å². The van der Waals surface area contributed by atoms with Crippen molar-refractivity contribution in [1.29, 1.82) is 0 Å². The lowest BCUT2D eigenvalue weighted by atomic mass is 10.2. The van der Waals surface area contributed by atoms with Crippen LogP contribution in [0.15, 0.2) is 18.2 Å². The Morgan fingerprint density at radius 3 is 2.65 bits per heavy atom. The third-order valence-corrected chi connectivity index (χ3v) is 2.90. The molecular formula is C14H16F2O4. The van der Waals surface area contributed by atoms with Crippen LogP contribution in [0.4, 0.5) is 8.78 Å². The zero-order valence-electron chi connectivity index (χ0n) is 11.1. The van der Waals surface area contributed by atoms with Crippen molar-refractivity contribution < 1.29 is 27.8 Å². The van der Waals surface area contributed by atoms with E-state index in [1.54, 1.807) is 0 Å². The molecule has 1 aromatic rings. The maximum atomic E-state index is 12.2. The molecule has 1 fully saturated rings. The van der Waals surface area contributed by atoms with E-state index in [2.05, 4.69) is 4.74 Å². The Hall–Kier alpha value is -1.85. The Kier molecular flexibility index (Phi) is 4.76. The van der Waals surface area contributed by atoms with Crippen LogP contribution >= 0.6 is 0 Å². The molecule has 0 bridgehead atoms. The number of hydrogen-bond acceptors (Lipinski definition) is 4. The molecule has 0 aliphatic heterocycles. The van der Waals surface area contributed by atoms with Gasteiger partial charge < -0.3 is 14.2 Å². The fraction of sp³-hybridized carbons (Fsp3) is 0.500. The second-order valence-electron chi connectivity index (χ2n) is 4.61. The molecule has 2 rings (SSSR count). The lowest BCUT2D eigenvalue weighted by molar-refractivity contribution is 0.0599. The molecule has 0 N–H and O–H groups in total. The molecule has 1 aromatic carbocycles. The largest absolute Gasteiger partial charge is 0.489 e. The fourth-order valence-corrected chi connectivity index (χ4v) is 1.63. The van der Waals surface area contributed by atoms with Crippen molar-refractivity contribution in [2.24, 2.45) is 5.92 Å². The number of carbonyl (C=O) groups is 1. The van der Waals surface area contributed by atoms with Gasteiger partial charge in [0.1, 0.15) is 6.61 Å². The lowest BCUT2D eigenvalue weighted by Gasteiger charge is -2.13. The third-order valence-electron chi connectivity index (χ3n) is 2.90. The van der Waals surface area contributed by atoms with E-state index in [-0.39, 0.29) is 5.75 Å². The Morgan fingerprint density at radius 2 is 2.05 bits per heavy atom. The molecule has 4 nitrogen and oxygen atoms in total. The highest BCUT2D eigenvalue weighted by molar-refractivity contribution is 5.90. The molecule has 110 valence electrons. The van der Waals surface area contributed by atoms with Gasteiger partial charge in [-0.05, 0) is 37.0 Å². The van der Waals surface area contributed by atoms with Crippen molar-refractivity contribution in [3.63, 3.8) is 0 Å². The summed E-state index contributed by atoms with van der Waals surface area (Å²) in [6, 6.07) is 4.35. The number of rotatable bonds is 7. The van der Waals surface area contributed by atoms with Crippen molar-refractivity contribution in [1.82, 2.24) is 0 Å². The van der Waals surface area contributed by atoms with E-state index in [1.165, 1.54) is 25.3 Å². The Morgan fingerprint density at radius 1 is 1.30 bits per heavy atom. The predicted molar refractivity (Wildman–Crippen MR) is 67.5 cm³/mol. The van der Waals surface area contributed by atoms with E-state index in [9.17, 15) is 13.6 Å². The topological polar surface area (TPSA) is 44.8 Å². The van der Waals surface area contributed by atoms with E-state index in [0.29, 0.717) is 23.8 Å².